The van der Waals surface area contributed by atoms with E-state index in [0.29, 0.717) is 22.3 Å². The van der Waals surface area contributed by atoms with E-state index in [4.69, 9.17) is 0 Å². The lowest BCUT2D eigenvalue weighted by molar-refractivity contribution is -0.116. The van der Waals surface area contributed by atoms with Crippen LogP contribution in [0, 0.1) is 13.8 Å². The fourth-order valence-corrected chi connectivity index (χ4v) is 4.10. The van der Waals surface area contributed by atoms with Gasteiger partial charge in [0, 0.05) is 17.3 Å². The van der Waals surface area contributed by atoms with Crippen LogP contribution >= 0.6 is 0 Å². The maximum Gasteiger partial charge on any atom is 0.269 e. The largest absolute Gasteiger partial charge is 0.349 e. The monoisotopic (exact) mass is 418 g/mol. The van der Waals surface area contributed by atoms with E-state index < -0.39 is 0 Å². The topological polar surface area (TPSA) is 93.1 Å². The fraction of sp³-hybridized carbons (Fsp3) is 0.333. The van der Waals surface area contributed by atoms with Crippen LogP contribution in [0.5, 0.6) is 0 Å². The van der Waals surface area contributed by atoms with Crippen molar-refractivity contribution in [1.82, 2.24) is 14.9 Å². The molecule has 0 saturated heterocycles. The first-order valence-corrected chi connectivity index (χ1v) is 10.6. The Balaban J connectivity index is 1.55. The number of benzene rings is 2. The summed E-state index contributed by atoms with van der Waals surface area (Å²) in [5, 5.41) is 5.92. The minimum Gasteiger partial charge on any atom is -0.349 e. The van der Waals surface area contributed by atoms with Gasteiger partial charge in [0.1, 0.15) is 6.54 Å². The normalized spacial score (nSPS) is 14.0. The second kappa shape index (κ2) is 8.71. The molecular weight excluding hydrogens is 392 g/mol. The molecule has 0 bridgehead atoms. The molecule has 1 heterocycles. The number of amides is 2. The van der Waals surface area contributed by atoms with Gasteiger partial charge in [-0.3, -0.25) is 19.0 Å². The van der Waals surface area contributed by atoms with Crippen LogP contribution in [0.15, 0.2) is 47.4 Å². The van der Waals surface area contributed by atoms with E-state index in [1.807, 2.05) is 32.0 Å². The molecule has 1 saturated carbocycles. The molecule has 1 aromatic heterocycles. The van der Waals surface area contributed by atoms with Gasteiger partial charge in [0.2, 0.25) is 5.91 Å². The van der Waals surface area contributed by atoms with Crippen LogP contribution in [0.25, 0.3) is 11.0 Å². The summed E-state index contributed by atoms with van der Waals surface area (Å²) in [6.45, 7) is 3.77. The van der Waals surface area contributed by atoms with Crippen molar-refractivity contribution in [3.8, 4) is 0 Å². The van der Waals surface area contributed by atoms with Crippen LogP contribution < -0.4 is 16.2 Å². The summed E-state index contributed by atoms with van der Waals surface area (Å²) in [6.07, 6.45) is 5.48. The van der Waals surface area contributed by atoms with Gasteiger partial charge in [-0.25, -0.2) is 4.98 Å². The number of nitrogens with one attached hydrogen (secondary N) is 2. The van der Waals surface area contributed by atoms with Crippen molar-refractivity contribution in [2.24, 2.45) is 0 Å². The van der Waals surface area contributed by atoms with Crippen LogP contribution in [0.4, 0.5) is 5.69 Å². The lowest BCUT2D eigenvalue weighted by atomic mass is 10.1. The van der Waals surface area contributed by atoms with E-state index in [-0.39, 0.29) is 30.0 Å². The molecule has 160 valence electrons. The molecule has 7 heteroatoms. The Morgan fingerprint density at radius 3 is 2.61 bits per heavy atom. The highest BCUT2D eigenvalue weighted by Gasteiger charge is 2.19. The average Bonchev–Trinajstić information content (AvgIpc) is 3.25. The van der Waals surface area contributed by atoms with Crippen molar-refractivity contribution >= 4 is 28.5 Å². The third-order valence-corrected chi connectivity index (χ3v) is 5.76. The molecule has 7 nitrogen and oxygen atoms in total. The van der Waals surface area contributed by atoms with Gasteiger partial charge in [-0.2, -0.15) is 0 Å². The SMILES string of the molecule is Cc1ccc(NC(=O)Cn2c(=O)cnc3cc(C(=O)NC4CCCC4)ccc32)c(C)c1. The second-order valence-electron chi connectivity index (χ2n) is 8.21. The number of rotatable bonds is 5. The molecule has 3 aromatic rings. The van der Waals surface area contributed by atoms with Gasteiger partial charge >= 0.3 is 0 Å². The third-order valence-electron chi connectivity index (χ3n) is 5.76. The van der Waals surface area contributed by atoms with Gasteiger partial charge < -0.3 is 10.6 Å². The van der Waals surface area contributed by atoms with E-state index in [1.165, 1.54) is 10.8 Å². The zero-order chi connectivity index (χ0) is 22.0. The van der Waals surface area contributed by atoms with Gasteiger partial charge in [-0.15, -0.1) is 0 Å². The Kier molecular flexibility index (Phi) is 5.84. The highest BCUT2D eigenvalue weighted by atomic mass is 16.2. The number of hydrogen-bond acceptors (Lipinski definition) is 4. The second-order valence-corrected chi connectivity index (χ2v) is 8.21. The summed E-state index contributed by atoms with van der Waals surface area (Å²) in [5.74, 6) is -0.439. The van der Waals surface area contributed by atoms with E-state index in [1.54, 1.807) is 18.2 Å². The molecule has 2 aromatic carbocycles. The Hall–Kier alpha value is -3.48. The first kappa shape index (κ1) is 20.8. The minimum absolute atomic E-state index is 0.138. The maximum absolute atomic E-state index is 12.6. The first-order chi connectivity index (χ1) is 14.9. The van der Waals surface area contributed by atoms with Crippen molar-refractivity contribution in [2.75, 3.05) is 5.32 Å². The molecule has 0 radical (unpaired) electrons. The zero-order valence-electron chi connectivity index (χ0n) is 17.8. The van der Waals surface area contributed by atoms with Crippen molar-refractivity contribution in [3.63, 3.8) is 0 Å². The zero-order valence-corrected chi connectivity index (χ0v) is 17.8. The Morgan fingerprint density at radius 2 is 1.87 bits per heavy atom. The number of carbonyl (C=O) groups excluding carboxylic acids is 2. The van der Waals surface area contributed by atoms with Crippen LogP contribution in [0.1, 0.15) is 47.2 Å². The van der Waals surface area contributed by atoms with E-state index in [0.717, 1.165) is 36.8 Å². The standard InChI is InChI=1S/C24H26N4O3/c1-15-7-9-19(16(2)11-15)27-22(29)14-28-21-10-8-17(12-20(21)25-13-23(28)30)24(31)26-18-5-3-4-6-18/h7-13,18H,3-6,14H2,1-2H3,(H,26,31)(H,27,29). The summed E-state index contributed by atoms with van der Waals surface area (Å²) < 4.78 is 1.37. The summed E-state index contributed by atoms with van der Waals surface area (Å²) in [6, 6.07) is 11.0. The number of anilines is 1. The van der Waals surface area contributed by atoms with Crippen molar-refractivity contribution in [3.05, 3.63) is 69.6 Å². The molecule has 0 spiro atoms. The van der Waals surface area contributed by atoms with E-state index in [2.05, 4.69) is 15.6 Å². The molecule has 2 N–H and O–H groups in total. The summed E-state index contributed by atoms with van der Waals surface area (Å²) in [5.41, 5.74) is 3.92. The molecule has 1 aliphatic carbocycles. The number of aromatic nitrogens is 2. The van der Waals surface area contributed by atoms with E-state index in [9.17, 15) is 14.4 Å². The summed E-state index contributed by atoms with van der Waals surface area (Å²) in [7, 11) is 0. The summed E-state index contributed by atoms with van der Waals surface area (Å²) in [4.78, 5) is 41.8. The number of hydrogen-bond donors (Lipinski definition) is 2. The molecule has 1 fully saturated rings. The van der Waals surface area contributed by atoms with Crippen LogP contribution in [0.2, 0.25) is 0 Å². The maximum atomic E-state index is 12.6. The Morgan fingerprint density at radius 1 is 1.10 bits per heavy atom. The first-order valence-electron chi connectivity index (χ1n) is 10.6. The summed E-state index contributed by atoms with van der Waals surface area (Å²) >= 11 is 0. The Bertz CT molecular complexity index is 1210. The number of aryl methyl sites for hydroxylation is 2. The molecule has 0 unspecified atom stereocenters. The number of carbonyl (C=O) groups is 2. The molecule has 31 heavy (non-hydrogen) atoms. The highest BCUT2D eigenvalue weighted by molar-refractivity contribution is 5.98. The molecule has 0 aliphatic heterocycles. The van der Waals surface area contributed by atoms with Gasteiger partial charge in [0.05, 0.1) is 17.2 Å². The fourth-order valence-electron chi connectivity index (χ4n) is 4.10. The average molecular weight is 418 g/mol. The van der Waals surface area contributed by atoms with Gasteiger partial charge in [0.15, 0.2) is 0 Å². The third kappa shape index (κ3) is 4.66. The Labute approximate surface area is 180 Å². The molecule has 1 aliphatic rings. The van der Waals surface area contributed by atoms with Gasteiger partial charge in [0.25, 0.3) is 11.5 Å². The molecule has 0 atom stereocenters. The molecular formula is C24H26N4O3. The van der Waals surface area contributed by atoms with Gasteiger partial charge in [-0.05, 0) is 56.5 Å². The highest BCUT2D eigenvalue weighted by Crippen LogP contribution is 2.19. The van der Waals surface area contributed by atoms with Crippen molar-refractivity contribution < 1.29 is 9.59 Å². The predicted molar refractivity (Wildman–Crippen MR) is 120 cm³/mol. The molecule has 4 rings (SSSR count). The lowest BCUT2D eigenvalue weighted by Crippen LogP contribution is -2.32. The number of nitrogens with zero attached hydrogens (tertiary/aromatic N) is 2. The van der Waals surface area contributed by atoms with Gasteiger partial charge in [-0.1, -0.05) is 30.5 Å². The minimum atomic E-state index is -0.369. The lowest BCUT2D eigenvalue weighted by Gasteiger charge is -2.14. The van der Waals surface area contributed by atoms with E-state index >= 15 is 0 Å². The van der Waals surface area contributed by atoms with Crippen molar-refractivity contribution in [1.29, 1.82) is 0 Å². The van der Waals surface area contributed by atoms with Crippen molar-refractivity contribution in [2.45, 2.75) is 52.1 Å². The smallest absolute Gasteiger partial charge is 0.269 e. The quantitative estimate of drug-likeness (QED) is 0.665. The van der Waals surface area contributed by atoms with Crippen LogP contribution in [0.3, 0.4) is 0 Å². The predicted octanol–water partition coefficient (Wildman–Crippen LogP) is 3.32. The molecule has 2 amide bonds. The van der Waals surface area contributed by atoms with Crippen LogP contribution in [-0.4, -0.2) is 27.4 Å². The number of fused-ring (bicyclic) bond motifs is 1. The van der Waals surface area contributed by atoms with Crippen LogP contribution in [-0.2, 0) is 11.3 Å².